The molecule has 164 valence electrons. The molecule has 0 spiro atoms. The fourth-order valence-corrected chi connectivity index (χ4v) is 3.96. The van der Waals surface area contributed by atoms with Gasteiger partial charge in [-0.3, -0.25) is 0 Å². The van der Waals surface area contributed by atoms with Crippen LogP contribution in [0.2, 0.25) is 0 Å². The minimum Gasteiger partial charge on any atom is -0.463 e. The third-order valence-corrected chi connectivity index (χ3v) is 5.93. The lowest BCUT2D eigenvalue weighted by atomic mass is 9.80. The third-order valence-electron chi connectivity index (χ3n) is 4.53. The van der Waals surface area contributed by atoms with E-state index in [1.807, 2.05) is 0 Å². The number of alkyl halides is 2. The summed E-state index contributed by atoms with van der Waals surface area (Å²) in [7, 11) is -4.78. The minimum absolute atomic E-state index is 0.103. The number of rotatable bonds is 7. The van der Waals surface area contributed by atoms with Gasteiger partial charge < -0.3 is 14.8 Å². The molecule has 1 N–H and O–H groups in total. The molecule has 0 amide bonds. The van der Waals surface area contributed by atoms with Crippen LogP contribution in [-0.4, -0.2) is 39.3 Å². The summed E-state index contributed by atoms with van der Waals surface area (Å²) in [5.41, 5.74) is 1.56. The lowest BCUT2D eigenvalue weighted by Gasteiger charge is -2.30. The summed E-state index contributed by atoms with van der Waals surface area (Å²) in [6.07, 6.45) is 0. The third kappa shape index (κ3) is 4.53. The second-order valence-corrected chi connectivity index (χ2v) is 8.37. The number of hydrogen-bond acceptors (Lipinski definition) is 7. The Bertz CT molecular complexity index is 957. The molecule has 1 aromatic carbocycles. The van der Waals surface area contributed by atoms with E-state index in [4.69, 9.17) is 9.47 Å². The van der Waals surface area contributed by atoms with Crippen LogP contribution in [-0.2, 0) is 28.9 Å². The van der Waals surface area contributed by atoms with Gasteiger partial charge in [0, 0.05) is 11.4 Å². The Morgan fingerprint density at radius 2 is 1.40 bits per heavy atom. The molecular formula is C20H23F2NO6S. The zero-order chi connectivity index (χ0) is 22.6. The molecule has 0 saturated carbocycles. The number of halogens is 2. The first-order chi connectivity index (χ1) is 14.1. The highest BCUT2D eigenvalue weighted by Crippen LogP contribution is 2.39. The van der Waals surface area contributed by atoms with Crippen LogP contribution in [0, 0.1) is 0 Å². The highest BCUT2D eigenvalue weighted by atomic mass is 32.2. The van der Waals surface area contributed by atoms with E-state index in [1.54, 1.807) is 27.7 Å². The van der Waals surface area contributed by atoms with Crippen LogP contribution >= 0.6 is 0 Å². The first-order valence-corrected chi connectivity index (χ1v) is 10.8. The predicted octanol–water partition coefficient (Wildman–Crippen LogP) is 3.04. The van der Waals surface area contributed by atoms with E-state index in [0.29, 0.717) is 17.0 Å². The molecule has 1 aromatic rings. The van der Waals surface area contributed by atoms with E-state index in [9.17, 15) is 26.8 Å². The number of allylic oxidation sites excluding steroid dienone is 2. The van der Waals surface area contributed by atoms with Crippen LogP contribution in [0.5, 0.6) is 0 Å². The van der Waals surface area contributed by atoms with Crippen molar-refractivity contribution in [1.82, 2.24) is 5.32 Å². The first-order valence-electron chi connectivity index (χ1n) is 9.21. The Morgan fingerprint density at radius 3 is 1.77 bits per heavy atom. The smallest absolute Gasteiger partial charge is 0.341 e. The van der Waals surface area contributed by atoms with Crippen molar-refractivity contribution < 1.29 is 36.3 Å². The Balaban J connectivity index is 2.65. The number of benzene rings is 1. The van der Waals surface area contributed by atoms with Crippen molar-refractivity contribution in [2.75, 3.05) is 13.2 Å². The molecule has 0 atom stereocenters. The summed E-state index contributed by atoms with van der Waals surface area (Å²) >= 11 is 0. The van der Waals surface area contributed by atoms with Gasteiger partial charge in [0.2, 0.25) is 9.84 Å². The van der Waals surface area contributed by atoms with Gasteiger partial charge in [0.25, 0.3) is 0 Å². The van der Waals surface area contributed by atoms with Crippen molar-refractivity contribution in [3.05, 3.63) is 52.4 Å². The van der Waals surface area contributed by atoms with Gasteiger partial charge in [0.15, 0.2) is 0 Å². The molecule has 1 aliphatic heterocycles. The zero-order valence-corrected chi connectivity index (χ0v) is 17.8. The lowest BCUT2D eigenvalue weighted by Crippen LogP contribution is -2.32. The van der Waals surface area contributed by atoms with Crippen LogP contribution in [0.25, 0.3) is 0 Å². The molecular weight excluding hydrogens is 420 g/mol. The monoisotopic (exact) mass is 443 g/mol. The van der Waals surface area contributed by atoms with Gasteiger partial charge in [-0.05, 0) is 45.4 Å². The maximum absolute atomic E-state index is 12.8. The molecule has 2 rings (SSSR count). The number of esters is 2. The van der Waals surface area contributed by atoms with Crippen molar-refractivity contribution in [1.29, 1.82) is 0 Å². The Labute approximate surface area is 173 Å². The van der Waals surface area contributed by atoms with E-state index in [2.05, 4.69) is 5.32 Å². The SMILES string of the molecule is CCOC(=O)C1=C(C)NC(C)=C(C(=O)OCC)C1c1ccc(S(=O)(=O)C(F)F)cc1. The Morgan fingerprint density at radius 1 is 0.967 bits per heavy atom. The normalized spacial score (nSPS) is 15.3. The van der Waals surface area contributed by atoms with Gasteiger partial charge in [-0.25, -0.2) is 18.0 Å². The van der Waals surface area contributed by atoms with E-state index in [0.717, 1.165) is 12.1 Å². The molecule has 0 aromatic heterocycles. The molecule has 0 saturated heterocycles. The highest BCUT2D eigenvalue weighted by molar-refractivity contribution is 7.91. The molecule has 10 heteroatoms. The van der Waals surface area contributed by atoms with Gasteiger partial charge in [-0.15, -0.1) is 0 Å². The van der Waals surface area contributed by atoms with E-state index < -0.39 is 38.3 Å². The zero-order valence-electron chi connectivity index (χ0n) is 17.0. The lowest BCUT2D eigenvalue weighted by molar-refractivity contribution is -0.139. The van der Waals surface area contributed by atoms with E-state index in [1.165, 1.54) is 12.1 Å². The number of hydrogen-bond donors (Lipinski definition) is 1. The first kappa shape index (κ1) is 23.5. The number of ether oxygens (including phenoxy) is 2. The van der Waals surface area contributed by atoms with Gasteiger partial charge in [-0.1, -0.05) is 12.1 Å². The van der Waals surface area contributed by atoms with Crippen LogP contribution in [0.15, 0.2) is 51.7 Å². The molecule has 0 unspecified atom stereocenters. The number of dihydropyridines is 1. The molecule has 1 aliphatic rings. The summed E-state index contributed by atoms with van der Waals surface area (Å²) in [5.74, 6) is -5.80. The van der Waals surface area contributed by atoms with Crippen LogP contribution < -0.4 is 5.32 Å². The number of sulfone groups is 1. The average molecular weight is 443 g/mol. The van der Waals surface area contributed by atoms with Gasteiger partial charge in [0.1, 0.15) is 0 Å². The molecule has 0 fully saturated rings. The van der Waals surface area contributed by atoms with E-state index in [-0.39, 0.29) is 24.4 Å². The molecule has 1 heterocycles. The molecule has 7 nitrogen and oxygen atoms in total. The number of carbonyl (C=O) groups is 2. The van der Waals surface area contributed by atoms with E-state index >= 15 is 0 Å². The van der Waals surface area contributed by atoms with Crippen LogP contribution in [0.4, 0.5) is 8.78 Å². The Kier molecular flexibility index (Phi) is 7.35. The summed E-state index contributed by atoms with van der Waals surface area (Å²) in [6.45, 7) is 6.75. The largest absolute Gasteiger partial charge is 0.463 e. The molecule has 0 bridgehead atoms. The van der Waals surface area contributed by atoms with Gasteiger partial charge in [0.05, 0.1) is 35.2 Å². The minimum atomic E-state index is -4.78. The number of nitrogens with one attached hydrogen (secondary N) is 1. The quantitative estimate of drug-likeness (QED) is 0.647. The van der Waals surface area contributed by atoms with Crippen LogP contribution in [0.1, 0.15) is 39.2 Å². The summed E-state index contributed by atoms with van der Waals surface area (Å²) in [4.78, 5) is 24.7. The number of carbonyl (C=O) groups excluding carboxylic acids is 2. The van der Waals surface area contributed by atoms with Gasteiger partial charge in [-0.2, -0.15) is 8.78 Å². The summed E-state index contributed by atoms with van der Waals surface area (Å²) < 4.78 is 59.3. The van der Waals surface area contributed by atoms with Crippen molar-refractivity contribution in [2.45, 2.75) is 44.3 Å². The van der Waals surface area contributed by atoms with Crippen molar-refractivity contribution >= 4 is 21.8 Å². The molecule has 0 aliphatic carbocycles. The average Bonchev–Trinajstić information content (AvgIpc) is 2.67. The predicted molar refractivity (Wildman–Crippen MR) is 104 cm³/mol. The van der Waals surface area contributed by atoms with Crippen LogP contribution in [0.3, 0.4) is 0 Å². The second kappa shape index (κ2) is 9.38. The van der Waals surface area contributed by atoms with Crippen molar-refractivity contribution in [2.24, 2.45) is 0 Å². The topological polar surface area (TPSA) is 98.8 Å². The standard InChI is InChI=1S/C20H23F2NO6S/c1-5-28-18(24)15-11(3)23-12(4)16(19(25)29-6-2)17(15)13-7-9-14(10-8-13)30(26,27)20(21)22/h7-10,17,20,23H,5-6H2,1-4H3. The maximum Gasteiger partial charge on any atom is 0.341 e. The summed E-state index contributed by atoms with van der Waals surface area (Å²) in [6, 6.07) is 4.64. The molecule has 30 heavy (non-hydrogen) atoms. The van der Waals surface area contributed by atoms with Crippen molar-refractivity contribution in [3.63, 3.8) is 0 Å². The fraction of sp³-hybridized carbons (Fsp3) is 0.400. The fourth-order valence-electron chi connectivity index (χ4n) is 3.24. The van der Waals surface area contributed by atoms with Gasteiger partial charge >= 0.3 is 17.7 Å². The Hall–Kier alpha value is -2.75. The second-order valence-electron chi connectivity index (χ2n) is 6.45. The van der Waals surface area contributed by atoms with Crippen molar-refractivity contribution in [3.8, 4) is 0 Å². The summed E-state index contributed by atoms with van der Waals surface area (Å²) in [5, 5.41) is 2.97. The highest BCUT2D eigenvalue weighted by Gasteiger charge is 2.38. The molecule has 0 radical (unpaired) electrons. The maximum atomic E-state index is 12.8.